The van der Waals surface area contributed by atoms with Crippen molar-refractivity contribution in [3.8, 4) is 0 Å². The maximum absolute atomic E-state index is 11.9. The van der Waals surface area contributed by atoms with Gasteiger partial charge in [-0.15, -0.1) is 0 Å². The average Bonchev–Trinajstić information content (AvgIpc) is 2.65. The van der Waals surface area contributed by atoms with Crippen molar-refractivity contribution in [3.05, 3.63) is 35.9 Å². The maximum atomic E-state index is 11.9. The second-order valence-corrected chi connectivity index (χ2v) is 6.13. The van der Waals surface area contributed by atoms with E-state index < -0.39 is 14.6 Å². The lowest BCUT2D eigenvalue weighted by Crippen LogP contribution is -2.28. The van der Waals surface area contributed by atoms with Crippen LogP contribution in [0, 0.1) is 5.92 Å². The van der Waals surface area contributed by atoms with Crippen LogP contribution in [0.2, 0.25) is 0 Å². The van der Waals surface area contributed by atoms with Gasteiger partial charge in [-0.05, 0) is 18.4 Å². The van der Waals surface area contributed by atoms with Crippen molar-refractivity contribution in [3.63, 3.8) is 0 Å². The maximum Gasteiger partial charge on any atom is 0.409 e. The fourth-order valence-electron chi connectivity index (χ4n) is 2.25. The molecule has 0 heterocycles. The van der Waals surface area contributed by atoms with Crippen LogP contribution in [-0.4, -0.2) is 44.3 Å². The van der Waals surface area contributed by atoms with E-state index in [4.69, 9.17) is 14.0 Å². The molecule has 0 bridgehead atoms. The van der Waals surface area contributed by atoms with Gasteiger partial charge in [0.1, 0.15) is 6.61 Å². The number of rotatable bonds is 11. The molecule has 0 radical (unpaired) electrons. The topological polar surface area (TPSA) is 82.1 Å². The van der Waals surface area contributed by atoms with E-state index in [1.807, 2.05) is 30.3 Å². The lowest BCUT2D eigenvalue weighted by Gasteiger charge is -2.18. The number of benzene rings is 1. The van der Waals surface area contributed by atoms with Gasteiger partial charge in [-0.25, -0.2) is 4.79 Å². The van der Waals surface area contributed by atoms with E-state index in [0.29, 0.717) is 25.8 Å². The van der Waals surface area contributed by atoms with Gasteiger partial charge in [0, 0.05) is 13.6 Å². The molecule has 1 amide bonds. The van der Waals surface area contributed by atoms with Gasteiger partial charge in [0.05, 0.1) is 19.6 Å². The van der Waals surface area contributed by atoms with E-state index in [1.54, 1.807) is 7.05 Å². The van der Waals surface area contributed by atoms with E-state index in [0.717, 1.165) is 5.56 Å². The summed E-state index contributed by atoms with van der Waals surface area (Å²) in [6.07, 6.45) is 1.60. The predicted octanol–water partition coefficient (Wildman–Crippen LogP) is 2.90. The highest BCUT2D eigenvalue weighted by atomic mass is 31.1. The van der Waals surface area contributed by atoms with Crippen molar-refractivity contribution in [2.75, 3.05) is 27.3 Å². The minimum absolute atomic E-state index is 0.0977. The summed E-state index contributed by atoms with van der Waals surface area (Å²) in [4.78, 5) is 25.0. The molecule has 0 saturated heterocycles. The lowest BCUT2D eigenvalue weighted by atomic mass is 10.0. The van der Waals surface area contributed by atoms with Gasteiger partial charge in [0.15, 0.2) is 8.69 Å². The van der Waals surface area contributed by atoms with E-state index in [9.17, 15) is 14.2 Å². The molecule has 0 aliphatic heterocycles. The first-order chi connectivity index (χ1) is 12.1. The highest BCUT2D eigenvalue weighted by molar-refractivity contribution is 7.17. The standard InChI is InChI=1S/C17H26NO6P/c1-18(17(20)23-12-14-8-4-3-5-9-14)11-7-6-10-15(13-24-25-21)16(19)22-2/h3-5,8-9,15H,6-7,10-13,25H2,1-2H3. The van der Waals surface area contributed by atoms with Crippen LogP contribution in [0.15, 0.2) is 30.3 Å². The van der Waals surface area contributed by atoms with Gasteiger partial charge in [-0.3, -0.25) is 9.36 Å². The predicted molar refractivity (Wildman–Crippen MR) is 95.0 cm³/mol. The van der Waals surface area contributed by atoms with Crippen molar-refractivity contribution in [1.82, 2.24) is 4.90 Å². The number of amides is 1. The summed E-state index contributed by atoms with van der Waals surface area (Å²) in [5.74, 6) is -0.801. The van der Waals surface area contributed by atoms with Gasteiger partial charge in [-0.1, -0.05) is 36.8 Å². The molecule has 0 N–H and O–H groups in total. The third-order valence-electron chi connectivity index (χ3n) is 3.71. The summed E-state index contributed by atoms with van der Waals surface area (Å²) in [6, 6.07) is 9.48. The molecule has 0 aromatic heterocycles. The average molecular weight is 371 g/mol. The lowest BCUT2D eigenvalue weighted by molar-refractivity contribution is -0.146. The number of unbranched alkanes of at least 4 members (excludes halogenated alkanes) is 1. The molecule has 8 heteroatoms. The van der Waals surface area contributed by atoms with E-state index in [-0.39, 0.29) is 25.3 Å². The smallest absolute Gasteiger partial charge is 0.409 e. The van der Waals surface area contributed by atoms with Crippen molar-refractivity contribution < 1.29 is 28.2 Å². The first-order valence-corrected chi connectivity index (χ1v) is 9.07. The second kappa shape index (κ2) is 12.5. The van der Waals surface area contributed by atoms with E-state index in [1.165, 1.54) is 12.0 Å². The Morgan fingerprint density at radius 3 is 2.56 bits per heavy atom. The van der Waals surface area contributed by atoms with Crippen LogP contribution < -0.4 is 0 Å². The number of carbonyl (C=O) groups is 2. The molecule has 7 nitrogen and oxygen atoms in total. The van der Waals surface area contributed by atoms with E-state index >= 15 is 0 Å². The van der Waals surface area contributed by atoms with Crippen LogP contribution in [-0.2, 0) is 30.0 Å². The number of hydrogen-bond donors (Lipinski definition) is 0. The molecule has 0 fully saturated rings. The molecule has 0 saturated carbocycles. The highest BCUT2D eigenvalue weighted by Crippen LogP contribution is 2.14. The Morgan fingerprint density at radius 1 is 1.20 bits per heavy atom. The molecule has 0 aliphatic carbocycles. The Morgan fingerprint density at radius 2 is 1.92 bits per heavy atom. The summed E-state index contributed by atoms with van der Waals surface area (Å²) in [5, 5.41) is 0. The monoisotopic (exact) mass is 371 g/mol. The van der Waals surface area contributed by atoms with Crippen LogP contribution in [0.25, 0.3) is 0 Å². The van der Waals surface area contributed by atoms with Crippen LogP contribution in [0.5, 0.6) is 0 Å². The summed E-state index contributed by atoms with van der Waals surface area (Å²) in [6.45, 7) is 0.860. The molecule has 1 aromatic rings. The molecule has 0 aliphatic rings. The Balaban J connectivity index is 2.25. The van der Waals surface area contributed by atoms with Crippen molar-refractivity contribution >= 4 is 20.7 Å². The number of nitrogens with zero attached hydrogens (tertiary/aromatic N) is 1. The van der Waals surface area contributed by atoms with Crippen molar-refractivity contribution in [2.24, 2.45) is 5.92 Å². The molecule has 2 unspecified atom stereocenters. The molecule has 1 aromatic carbocycles. The van der Waals surface area contributed by atoms with Crippen LogP contribution in [0.4, 0.5) is 4.79 Å². The third-order valence-corrected chi connectivity index (χ3v) is 4.04. The normalized spacial score (nSPS) is 12.1. The Bertz CT molecular complexity index is 539. The number of esters is 1. The number of hydrogen-bond acceptors (Lipinski definition) is 6. The minimum atomic E-state index is -1.34. The fraction of sp³-hybridized carbons (Fsp3) is 0.529. The van der Waals surface area contributed by atoms with Crippen molar-refractivity contribution in [2.45, 2.75) is 25.9 Å². The van der Waals surface area contributed by atoms with Gasteiger partial charge < -0.3 is 18.9 Å². The molecular formula is C17H26NO6P. The second-order valence-electron chi connectivity index (χ2n) is 5.61. The Labute approximate surface area is 149 Å². The fourth-order valence-corrected chi connectivity index (χ4v) is 2.56. The summed E-state index contributed by atoms with van der Waals surface area (Å²) in [7, 11) is 1.65. The van der Waals surface area contributed by atoms with Gasteiger partial charge in [-0.2, -0.15) is 0 Å². The van der Waals surface area contributed by atoms with Crippen LogP contribution in [0.1, 0.15) is 24.8 Å². The first kappa shape index (κ1) is 21.2. The number of methoxy groups -OCH3 is 1. The molecule has 1 rings (SSSR count). The van der Waals surface area contributed by atoms with Crippen molar-refractivity contribution in [1.29, 1.82) is 0 Å². The molecule has 0 spiro atoms. The van der Waals surface area contributed by atoms with Crippen LogP contribution in [0.3, 0.4) is 0 Å². The molecule has 140 valence electrons. The summed E-state index contributed by atoms with van der Waals surface area (Å²) in [5.41, 5.74) is 0.936. The minimum Gasteiger partial charge on any atom is -0.469 e. The third kappa shape index (κ3) is 8.70. The van der Waals surface area contributed by atoms with Gasteiger partial charge in [0.25, 0.3) is 0 Å². The summed E-state index contributed by atoms with van der Waals surface area (Å²) < 4.78 is 25.2. The Kier molecular flexibility index (Phi) is 10.6. The zero-order valence-corrected chi connectivity index (χ0v) is 15.8. The number of carbonyl (C=O) groups excluding carboxylic acids is 2. The SMILES string of the molecule is COC(=O)C(CCCCN(C)C(=O)OCc1ccccc1)CO[PH2]=O. The van der Waals surface area contributed by atoms with Crippen LogP contribution >= 0.6 is 8.69 Å². The quantitative estimate of drug-likeness (QED) is 0.338. The largest absolute Gasteiger partial charge is 0.469 e. The first-order valence-electron chi connectivity index (χ1n) is 8.13. The number of ether oxygens (including phenoxy) is 2. The van der Waals surface area contributed by atoms with Gasteiger partial charge >= 0.3 is 12.1 Å². The molecule has 25 heavy (non-hydrogen) atoms. The molecule has 2 atom stereocenters. The highest BCUT2D eigenvalue weighted by Gasteiger charge is 2.19. The van der Waals surface area contributed by atoms with E-state index in [2.05, 4.69) is 0 Å². The summed E-state index contributed by atoms with van der Waals surface area (Å²) >= 11 is 0. The Hall–Kier alpha value is -1.85. The zero-order valence-electron chi connectivity index (χ0n) is 14.7. The van der Waals surface area contributed by atoms with Gasteiger partial charge in [0.2, 0.25) is 0 Å². The molecular weight excluding hydrogens is 345 g/mol. The zero-order chi connectivity index (χ0) is 18.5.